The molecule has 24 aromatic rings. The van der Waals surface area contributed by atoms with E-state index in [-0.39, 0.29) is 0 Å². The van der Waals surface area contributed by atoms with E-state index in [1.807, 2.05) is 191 Å². The third-order valence-corrected chi connectivity index (χ3v) is 24.3. The van der Waals surface area contributed by atoms with Crippen LogP contribution < -0.4 is 0 Å². The van der Waals surface area contributed by atoms with Crippen LogP contribution >= 0.6 is 0 Å². The zero-order valence-corrected chi connectivity index (χ0v) is 74.0. The van der Waals surface area contributed by atoms with Crippen molar-refractivity contribution >= 4 is 65.4 Å². The number of nitrogens with zero attached hydrogens (tertiary/aromatic N) is 13. The molecule has 0 atom stereocenters. The molecule has 9 heterocycles. The van der Waals surface area contributed by atoms with Crippen LogP contribution in [0.5, 0.6) is 0 Å². The molecule has 0 bridgehead atoms. The van der Waals surface area contributed by atoms with Crippen LogP contribution in [-0.2, 0) is 0 Å². The summed E-state index contributed by atoms with van der Waals surface area (Å²) in [5.74, 6) is 3.32. The Morgan fingerprint density at radius 3 is 0.711 bits per heavy atom. The molecule has 15 aromatic carbocycles. The fourth-order valence-electron chi connectivity index (χ4n) is 17.5. The van der Waals surface area contributed by atoms with Gasteiger partial charge >= 0.3 is 0 Å². The van der Waals surface area contributed by atoms with Crippen molar-refractivity contribution in [3.63, 3.8) is 0 Å². The monoisotopic (exact) mass is 1730 g/mol. The molecule has 0 unspecified atom stereocenters. The number of benzene rings is 15. The highest BCUT2D eigenvalue weighted by molar-refractivity contribution is 6.12. The Morgan fingerprint density at radius 2 is 0.356 bits per heavy atom. The molecule has 636 valence electrons. The Bertz CT molecular complexity index is 8370. The second-order valence-corrected chi connectivity index (χ2v) is 33.4. The number of hydrogen-bond donors (Lipinski definition) is 0. The van der Waals surface area contributed by atoms with Crippen molar-refractivity contribution in [2.24, 2.45) is 0 Å². The molecule has 0 aliphatic carbocycles. The van der Waals surface area contributed by atoms with Gasteiger partial charge in [-0.15, -0.1) is 0 Å². The third kappa shape index (κ3) is 17.4. The summed E-state index contributed by atoms with van der Waals surface area (Å²) in [5, 5.41) is 6.40. The molecule has 0 spiro atoms. The zero-order chi connectivity index (χ0) is 90.5. The Hall–Kier alpha value is -18.1. The Balaban J connectivity index is 0.000000118. The van der Waals surface area contributed by atoms with E-state index >= 15 is 0 Å². The fourth-order valence-corrected chi connectivity index (χ4v) is 17.5. The predicted molar refractivity (Wildman–Crippen MR) is 551 cm³/mol. The van der Waals surface area contributed by atoms with Crippen molar-refractivity contribution in [2.45, 2.75) is 20.8 Å². The number of rotatable bonds is 15. The van der Waals surface area contributed by atoms with Gasteiger partial charge in [-0.1, -0.05) is 382 Å². The quantitative estimate of drug-likeness (QED) is 0.0890. The molecule has 13 nitrogen and oxygen atoms in total. The van der Waals surface area contributed by atoms with Gasteiger partial charge in [-0.2, -0.15) is 0 Å². The van der Waals surface area contributed by atoms with E-state index in [1.54, 1.807) is 0 Å². The summed E-state index contributed by atoms with van der Waals surface area (Å²) in [6.45, 7) is 6.07. The number of aromatic nitrogens is 13. The number of aryl methyl sites for hydroxylation is 3. The molecule has 0 aliphatic rings. The highest BCUT2D eigenvalue weighted by Crippen LogP contribution is 2.43. The van der Waals surface area contributed by atoms with Crippen molar-refractivity contribution in [1.29, 1.82) is 0 Å². The third-order valence-electron chi connectivity index (χ3n) is 24.3. The molecular weight excluding hydrogens is 1650 g/mol. The van der Waals surface area contributed by atoms with Crippen molar-refractivity contribution in [3.05, 3.63) is 466 Å². The van der Waals surface area contributed by atoms with Crippen LogP contribution in [-0.4, -0.2) is 64.8 Å². The van der Waals surface area contributed by atoms with Gasteiger partial charge in [0.2, 0.25) is 0 Å². The zero-order valence-electron chi connectivity index (χ0n) is 74.0. The van der Waals surface area contributed by atoms with Gasteiger partial charge in [0.05, 0.1) is 73.0 Å². The van der Waals surface area contributed by atoms with Crippen molar-refractivity contribution in [3.8, 4) is 169 Å². The lowest BCUT2D eigenvalue weighted by molar-refractivity contribution is 1.07. The minimum atomic E-state index is 0.632. The van der Waals surface area contributed by atoms with E-state index in [0.29, 0.717) is 29.1 Å². The first-order valence-electron chi connectivity index (χ1n) is 45.1. The Labute approximate surface area is 780 Å². The first kappa shape index (κ1) is 82.6. The average Bonchev–Trinajstić information content (AvgIpc) is 0.762. The summed E-state index contributed by atoms with van der Waals surface area (Å²) in [4.78, 5) is 65.2. The summed E-state index contributed by atoms with van der Waals surface area (Å²) in [5.41, 5.74) is 33.2. The topological polar surface area (TPSA) is 168 Å². The lowest BCUT2D eigenvalue weighted by Gasteiger charge is -2.14. The van der Waals surface area contributed by atoms with Crippen LogP contribution in [0.1, 0.15) is 17.1 Å². The summed E-state index contributed by atoms with van der Waals surface area (Å²) in [7, 11) is 0. The molecule has 0 amide bonds. The largest absolute Gasteiger partial charge is 0.251 e. The lowest BCUT2D eigenvalue weighted by Crippen LogP contribution is -2.00. The standard InChI is InChI=1S/C46H30N4.C41H28N4.C35H25N5/c1-5-14-31(15-6-1)40-27-25-34-24-26-38-39(29-41(32-16-7-2-8-17-32)48-45(38)44(34)47-40)36-22-13-23-37(28-36)43-30-42(33-18-9-3-10-19-33)49-46(50-43)35-20-11-4-12-21-35;1-27-20-21-30-22-23-34-35(25-36(28-12-5-2-6-13-28)43-40(34)39(30)42-27)32-18-11-19-33(24-32)38-26-37(29-14-7-3-8-15-29)44-41(45-38)31-16-9-4-10-17-31;1-22-16-17-24-18-19-29-30(20-23(2)37-32(29)31(24)36-22)27-14-9-15-28(21-27)35-39-33(25-10-5-3-6-11-25)38-34(40-35)26-12-7-4-8-13-26/h1-30H;2-26H,1H3;3-21H,1-2H3. The molecule has 24 rings (SSSR count). The lowest BCUT2D eigenvalue weighted by atomic mass is 9.95. The number of pyridine rings is 6. The minimum Gasteiger partial charge on any atom is -0.251 e. The minimum absolute atomic E-state index is 0.632. The normalized spacial score (nSPS) is 11.2. The van der Waals surface area contributed by atoms with Crippen molar-refractivity contribution < 1.29 is 0 Å². The van der Waals surface area contributed by atoms with Gasteiger partial charge in [-0.05, 0) is 121 Å². The summed E-state index contributed by atoms with van der Waals surface area (Å²) in [6.07, 6.45) is 0. The summed E-state index contributed by atoms with van der Waals surface area (Å²) >= 11 is 0. The molecule has 135 heavy (non-hydrogen) atoms. The van der Waals surface area contributed by atoms with E-state index in [2.05, 4.69) is 279 Å². The molecule has 0 N–H and O–H groups in total. The van der Waals surface area contributed by atoms with Crippen LogP contribution in [0.2, 0.25) is 0 Å². The highest BCUT2D eigenvalue weighted by atomic mass is 15.0. The van der Waals surface area contributed by atoms with Crippen molar-refractivity contribution in [2.75, 3.05) is 0 Å². The van der Waals surface area contributed by atoms with Crippen LogP contribution in [0.15, 0.2) is 449 Å². The second kappa shape index (κ2) is 36.8. The van der Waals surface area contributed by atoms with Gasteiger partial charge in [0.15, 0.2) is 29.1 Å². The highest BCUT2D eigenvalue weighted by Gasteiger charge is 2.22. The first-order chi connectivity index (χ1) is 66.6. The second-order valence-electron chi connectivity index (χ2n) is 33.4. The predicted octanol–water partition coefficient (Wildman–Crippen LogP) is 30.0. The van der Waals surface area contributed by atoms with Crippen LogP contribution in [0.25, 0.3) is 235 Å². The molecule has 13 heteroatoms. The maximum Gasteiger partial charge on any atom is 0.164 e. The van der Waals surface area contributed by atoms with Crippen LogP contribution in [0.3, 0.4) is 0 Å². The van der Waals surface area contributed by atoms with Crippen LogP contribution in [0, 0.1) is 20.8 Å². The van der Waals surface area contributed by atoms with Gasteiger partial charge in [-0.25, -0.2) is 49.8 Å². The molecular formula is C122H83N13. The van der Waals surface area contributed by atoms with E-state index < -0.39 is 0 Å². The molecule has 0 fully saturated rings. The van der Waals surface area contributed by atoms with Gasteiger partial charge in [0.1, 0.15) is 0 Å². The van der Waals surface area contributed by atoms with Gasteiger partial charge in [-0.3, -0.25) is 15.0 Å². The number of fused-ring (bicyclic) bond motifs is 9. The maximum absolute atomic E-state index is 5.28. The van der Waals surface area contributed by atoms with Gasteiger partial charge in [0, 0.05) is 116 Å². The van der Waals surface area contributed by atoms with E-state index in [9.17, 15) is 0 Å². The molecule has 9 aromatic heterocycles. The molecule has 0 aliphatic heterocycles. The molecule has 0 radical (unpaired) electrons. The van der Waals surface area contributed by atoms with Crippen LogP contribution in [0.4, 0.5) is 0 Å². The molecule has 0 saturated heterocycles. The van der Waals surface area contributed by atoms with E-state index in [0.717, 1.165) is 222 Å². The molecule has 0 saturated carbocycles. The Kier molecular flexibility index (Phi) is 22.5. The Morgan fingerprint density at radius 1 is 0.126 bits per heavy atom. The smallest absolute Gasteiger partial charge is 0.164 e. The average molecular weight is 1730 g/mol. The van der Waals surface area contributed by atoms with E-state index in [1.165, 1.54) is 0 Å². The summed E-state index contributed by atoms with van der Waals surface area (Å²) < 4.78 is 0. The van der Waals surface area contributed by atoms with Gasteiger partial charge in [0.25, 0.3) is 0 Å². The van der Waals surface area contributed by atoms with Gasteiger partial charge < -0.3 is 0 Å². The van der Waals surface area contributed by atoms with Crippen molar-refractivity contribution in [1.82, 2.24) is 64.8 Å². The SMILES string of the molecule is Cc1ccc2ccc3c(-c4cccc(-c5cc(-c6ccccc6)nc(-c6ccccc6)n5)c4)cc(-c4ccccc4)nc3c2n1.Cc1ccc2ccc3c(-c4cccc(-c5nc(-c6ccccc6)nc(-c6ccccc6)n5)c4)cc(C)nc3c2n1.c1ccc(-c2cc(-c3cccc(-c4cc(-c5ccccc5)nc5c4ccc4ccc(-c6ccccc6)nc45)c3)nc(-c3ccccc3)n2)cc1. The number of hydrogen-bond acceptors (Lipinski definition) is 13. The van der Waals surface area contributed by atoms with E-state index in [4.69, 9.17) is 64.8 Å². The fraction of sp³-hybridized carbons (Fsp3) is 0.0246. The maximum atomic E-state index is 5.28. The first-order valence-corrected chi connectivity index (χ1v) is 45.1. The summed E-state index contributed by atoms with van der Waals surface area (Å²) in [6, 6.07) is 154.